The van der Waals surface area contributed by atoms with Gasteiger partial charge in [-0.1, -0.05) is 69.0 Å². The monoisotopic (exact) mass is 326 g/mol. The Kier molecular flexibility index (Phi) is 5.77. The molecule has 0 saturated heterocycles. The Labute approximate surface area is 142 Å². The molecule has 0 spiro atoms. The molecule has 0 saturated carbocycles. The summed E-state index contributed by atoms with van der Waals surface area (Å²) in [4.78, 5) is 4.85. The maximum absolute atomic E-state index is 4.85. The van der Waals surface area contributed by atoms with Gasteiger partial charge in [-0.15, -0.1) is 0 Å². The molecule has 2 aromatic rings. The molecule has 1 heterocycles. The van der Waals surface area contributed by atoms with Gasteiger partial charge in [-0.05, 0) is 30.5 Å². The molecule has 0 amide bonds. The molecular formula is C20H30N2Si. The van der Waals surface area contributed by atoms with Gasteiger partial charge in [-0.2, -0.15) is 0 Å². The first kappa shape index (κ1) is 17.9. The van der Waals surface area contributed by atoms with Crippen LogP contribution >= 0.6 is 0 Å². The third-order valence-electron chi connectivity index (χ3n) is 4.44. The molecule has 23 heavy (non-hydrogen) atoms. The number of aromatic nitrogens is 1. The first-order valence-electron chi connectivity index (χ1n) is 8.57. The van der Waals surface area contributed by atoms with E-state index in [1.165, 1.54) is 10.8 Å². The van der Waals surface area contributed by atoms with Gasteiger partial charge in [-0.3, -0.25) is 4.98 Å². The van der Waals surface area contributed by atoms with E-state index in [4.69, 9.17) is 4.98 Å². The summed E-state index contributed by atoms with van der Waals surface area (Å²) in [6.45, 7) is 14.7. The largest absolute Gasteiger partial charge is 0.308 e. The lowest BCUT2D eigenvalue weighted by molar-refractivity contribution is 0.424. The second kappa shape index (κ2) is 7.41. The van der Waals surface area contributed by atoms with Crippen LogP contribution < -0.4 is 10.5 Å². The molecule has 0 aliphatic heterocycles. The second-order valence-corrected chi connectivity index (χ2v) is 12.8. The summed E-state index contributed by atoms with van der Waals surface area (Å²) in [6.07, 6.45) is 0. The summed E-state index contributed by atoms with van der Waals surface area (Å²) in [6, 6.07) is 15.7. The number of nitrogens with one attached hydrogen (secondary N) is 1. The van der Waals surface area contributed by atoms with Crippen LogP contribution in [-0.2, 0) is 6.54 Å². The highest BCUT2D eigenvalue weighted by atomic mass is 28.3. The predicted molar refractivity (Wildman–Crippen MR) is 104 cm³/mol. The number of pyridine rings is 1. The van der Waals surface area contributed by atoms with Crippen LogP contribution in [0.25, 0.3) is 11.3 Å². The topological polar surface area (TPSA) is 24.9 Å². The van der Waals surface area contributed by atoms with Crippen molar-refractivity contribution in [1.82, 2.24) is 10.3 Å². The fraction of sp³-hybridized carbons (Fsp3) is 0.450. The first-order chi connectivity index (χ1) is 10.8. The van der Waals surface area contributed by atoms with Crippen molar-refractivity contribution in [2.24, 2.45) is 5.92 Å². The van der Waals surface area contributed by atoms with Crippen LogP contribution in [0, 0.1) is 5.92 Å². The minimum Gasteiger partial charge on any atom is -0.308 e. The van der Waals surface area contributed by atoms with Gasteiger partial charge in [0.15, 0.2) is 0 Å². The van der Waals surface area contributed by atoms with Crippen LogP contribution in [-0.4, -0.2) is 19.1 Å². The van der Waals surface area contributed by atoms with E-state index >= 15 is 0 Å². The summed E-state index contributed by atoms with van der Waals surface area (Å²) in [7, 11) is -1.29. The molecule has 1 aromatic heterocycles. The Bertz CT molecular complexity index is 644. The van der Waals surface area contributed by atoms with E-state index in [0.717, 1.165) is 17.9 Å². The molecule has 0 radical (unpaired) electrons. The molecule has 124 valence electrons. The average molecular weight is 327 g/mol. The van der Waals surface area contributed by atoms with Crippen molar-refractivity contribution in [1.29, 1.82) is 0 Å². The summed E-state index contributed by atoms with van der Waals surface area (Å²) in [5, 5.41) is 5.04. The predicted octanol–water partition coefficient (Wildman–Crippen LogP) is 4.43. The van der Waals surface area contributed by atoms with E-state index in [-0.39, 0.29) is 0 Å². The molecule has 2 rings (SSSR count). The second-order valence-electron chi connectivity index (χ2n) is 7.76. The Morgan fingerprint density at radius 3 is 2.35 bits per heavy atom. The quantitative estimate of drug-likeness (QED) is 0.794. The summed E-state index contributed by atoms with van der Waals surface area (Å²) in [5.74, 6) is 0.631. The highest BCUT2D eigenvalue weighted by Gasteiger charge is 2.16. The summed E-state index contributed by atoms with van der Waals surface area (Å²) < 4.78 is 0. The van der Waals surface area contributed by atoms with Gasteiger partial charge in [0.05, 0.1) is 19.5 Å². The smallest absolute Gasteiger partial charge is 0.0776 e. The average Bonchev–Trinajstić information content (AvgIpc) is 2.52. The van der Waals surface area contributed by atoms with Gasteiger partial charge in [0, 0.05) is 12.6 Å². The fourth-order valence-corrected chi connectivity index (χ4v) is 3.57. The van der Waals surface area contributed by atoms with E-state index in [0.29, 0.717) is 12.0 Å². The number of rotatable bonds is 6. The molecular weight excluding hydrogens is 296 g/mol. The van der Waals surface area contributed by atoms with E-state index in [1.807, 2.05) is 0 Å². The number of hydrogen-bond donors (Lipinski definition) is 1. The minimum atomic E-state index is -1.29. The van der Waals surface area contributed by atoms with E-state index in [1.54, 1.807) is 0 Å². The van der Waals surface area contributed by atoms with Gasteiger partial charge in [-0.25, -0.2) is 0 Å². The van der Waals surface area contributed by atoms with Crippen LogP contribution in [0.15, 0.2) is 42.5 Å². The lowest BCUT2D eigenvalue weighted by atomic mass is 10.1. The molecule has 2 nitrogen and oxygen atoms in total. The molecule has 1 aromatic carbocycles. The summed E-state index contributed by atoms with van der Waals surface area (Å²) in [5.41, 5.74) is 3.40. The van der Waals surface area contributed by atoms with Crippen molar-refractivity contribution in [2.75, 3.05) is 0 Å². The Balaban J connectivity index is 2.20. The van der Waals surface area contributed by atoms with Crippen molar-refractivity contribution < 1.29 is 0 Å². The molecule has 0 aliphatic carbocycles. The molecule has 1 atom stereocenters. The lowest BCUT2D eigenvalue weighted by Crippen LogP contribution is -2.37. The van der Waals surface area contributed by atoms with Gasteiger partial charge in [0.1, 0.15) is 0 Å². The Hall–Kier alpha value is -1.45. The fourth-order valence-electron chi connectivity index (χ4n) is 2.39. The third kappa shape index (κ3) is 5.01. The molecule has 0 aliphatic rings. The molecule has 0 fully saturated rings. The number of hydrogen-bond acceptors (Lipinski definition) is 2. The Morgan fingerprint density at radius 2 is 1.70 bits per heavy atom. The van der Waals surface area contributed by atoms with Crippen LogP contribution in [0.4, 0.5) is 0 Å². The van der Waals surface area contributed by atoms with Gasteiger partial charge in [0.25, 0.3) is 0 Å². The summed E-state index contributed by atoms with van der Waals surface area (Å²) >= 11 is 0. The van der Waals surface area contributed by atoms with Crippen molar-refractivity contribution in [3.63, 3.8) is 0 Å². The van der Waals surface area contributed by atoms with Gasteiger partial charge >= 0.3 is 0 Å². The third-order valence-corrected chi connectivity index (χ3v) is 6.48. The van der Waals surface area contributed by atoms with Crippen LogP contribution in [0.5, 0.6) is 0 Å². The number of benzene rings is 1. The van der Waals surface area contributed by atoms with Crippen LogP contribution in [0.2, 0.25) is 19.6 Å². The maximum atomic E-state index is 4.85. The van der Waals surface area contributed by atoms with Crippen molar-refractivity contribution in [3.8, 4) is 11.3 Å². The molecule has 3 heteroatoms. The molecule has 0 unspecified atom stereocenters. The van der Waals surface area contributed by atoms with Gasteiger partial charge < -0.3 is 5.32 Å². The van der Waals surface area contributed by atoms with Crippen LogP contribution in [0.1, 0.15) is 26.5 Å². The van der Waals surface area contributed by atoms with E-state index in [9.17, 15) is 0 Å². The first-order valence-corrected chi connectivity index (χ1v) is 12.1. The SMILES string of the molecule is CC(C)[C@@H](C)NCc1cccc(-c2cccc([Si](C)(C)C)c2)n1. The Morgan fingerprint density at radius 1 is 1.00 bits per heavy atom. The zero-order valence-electron chi connectivity index (χ0n) is 15.4. The van der Waals surface area contributed by atoms with E-state index < -0.39 is 8.07 Å². The highest BCUT2D eigenvalue weighted by Crippen LogP contribution is 2.17. The van der Waals surface area contributed by atoms with E-state index in [2.05, 4.69) is 88.2 Å². The van der Waals surface area contributed by atoms with Crippen LogP contribution in [0.3, 0.4) is 0 Å². The zero-order valence-corrected chi connectivity index (χ0v) is 16.4. The number of nitrogens with zero attached hydrogens (tertiary/aromatic N) is 1. The van der Waals surface area contributed by atoms with Gasteiger partial charge in [0.2, 0.25) is 0 Å². The maximum Gasteiger partial charge on any atom is 0.0776 e. The van der Waals surface area contributed by atoms with Crippen molar-refractivity contribution >= 4 is 13.3 Å². The normalized spacial score (nSPS) is 13.3. The standard InChI is InChI=1S/C20H30N2Si/c1-15(2)16(3)21-14-18-10-8-12-20(22-18)17-9-7-11-19(13-17)23(4,5)6/h7-13,15-16,21H,14H2,1-6H3/t16-/m1/s1. The molecule has 0 bridgehead atoms. The highest BCUT2D eigenvalue weighted by molar-refractivity contribution is 6.88. The van der Waals surface area contributed by atoms with Crippen molar-refractivity contribution in [3.05, 3.63) is 48.2 Å². The lowest BCUT2D eigenvalue weighted by Gasteiger charge is -2.18. The zero-order chi connectivity index (χ0) is 17.0. The van der Waals surface area contributed by atoms with Crippen molar-refractivity contribution in [2.45, 2.75) is 53.0 Å². The minimum absolute atomic E-state index is 0.496. The molecule has 1 N–H and O–H groups in total.